The molecule has 3 N–H and O–H groups in total. The maximum atomic E-state index is 13.0. The van der Waals surface area contributed by atoms with Crippen molar-refractivity contribution in [2.75, 3.05) is 39.6 Å². The van der Waals surface area contributed by atoms with Gasteiger partial charge in [-0.3, -0.25) is 37.3 Å². The minimum absolute atomic E-state index is 0.107. The number of esters is 4. The van der Waals surface area contributed by atoms with Crippen LogP contribution in [-0.2, 0) is 65.4 Å². The maximum Gasteiger partial charge on any atom is 0.472 e. The normalized spacial score (nSPS) is 14.1. The lowest BCUT2D eigenvalue weighted by molar-refractivity contribution is -0.161. The zero-order valence-corrected chi connectivity index (χ0v) is 59.4. The molecule has 0 aromatic rings. The largest absolute Gasteiger partial charge is 0.472 e. The van der Waals surface area contributed by atoms with Gasteiger partial charge < -0.3 is 33.8 Å². The van der Waals surface area contributed by atoms with Crippen molar-refractivity contribution < 1.29 is 80.2 Å². The van der Waals surface area contributed by atoms with E-state index in [-0.39, 0.29) is 25.7 Å². The predicted octanol–water partition coefficient (Wildman–Crippen LogP) is 20.1. The third kappa shape index (κ3) is 64.6. The summed E-state index contributed by atoms with van der Waals surface area (Å²) in [5.41, 5.74) is 0. The van der Waals surface area contributed by atoms with Crippen molar-refractivity contribution in [1.29, 1.82) is 0 Å². The van der Waals surface area contributed by atoms with Gasteiger partial charge in [-0.15, -0.1) is 0 Å². The molecule has 0 rings (SSSR count). The quantitative estimate of drug-likeness (QED) is 0.0222. The Labute approximate surface area is 543 Å². The fourth-order valence-electron chi connectivity index (χ4n) is 10.6. The van der Waals surface area contributed by atoms with E-state index in [9.17, 15) is 43.2 Å². The molecule has 5 atom stereocenters. The summed E-state index contributed by atoms with van der Waals surface area (Å²) < 4.78 is 68.2. The van der Waals surface area contributed by atoms with Crippen LogP contribution in [0.1, 0.15) is 362 Å². The number of rotatable bonds is 70. The van der Waals surface area contributed by atoms with E-state index in [1.54, 1.807) is 0 Å². The average Bonchev–Trinajstić information content (AvgIpc) is 3.51. The highest BCUT2D eigenvalue weighted by Gasteiger charge is 2.30. The molecule has 19 heteroatoms. The molecular weight excluding hydrogens is 1170 g/mol. The van der Waals surface area contributed by atoms with Crippen molar-refractivity contribution in [3.8, 4) is 0 Å². The molecule has 0 aliphatic rings. The van der Waals surface area contributed by atoms with Gasteiger partial charge in [0.05, 0.1) is 26.4 Å². The highest BCUT2D eigenvalue weighted by molar-refractivity contribution is 7.47. The van der Waals surface area contributed by atoms with Crippen molar-refractivity contribution in [3.05, 3.63) is 0 Å². The van der Waals surface area contributed by atoms with Gasteiger partial charge in [-0.05, 0) is 31.6 Å². The molecule has 0 saturated heterocycles. The number of unbranched alkanes of at least 4 members (excludes halogenated alkanes) is 42. The summed E-state index contributed by atoms with van der Waals surface area (Å²) in [6.07, 6.45) is 50.0. The third-order valence-corrected chi connectivity index (χ3v) is 18.2. The SMILES string of the molecule is CCCCCCCCCCCCCCCCC(=O)OC[C@H](COP(=O)(O)OC[C@@H](O)COP(=O)(O)OC[C@@H](COC(=O)CCCCCCCCC)OC(=O)CCCCCCCCCCCCC)OC(=O)CCCCCCCCCCCCCCCCC(C)C. The van der Waals surface area contributed by atoms with E-state index in [4.69, 9.17) is 37.0 Å². The molecule has 0 saturated carbocycles. The Balaban J connectivity index is 5.20. The Hall–Kier alpha value is -1.94. The second-order valence-corrected chi connectivity index (χ2v) is 28.7. The van der Waals surface area contributed by atoms with Crippen LogP contribution < -0.4 is 0 Å². The molecule has 0 aromatic heterocycles. The predicted molar refractivity (Wildman–Crippen MR) is 358 cm³/mol. The van der Waals surface area contributed by atoms with E-state index in [1.165, 1.54) is 173 Å². The lowest BCUT2D eigenvalue weighted by atomic mass is 10.0. The summed E-state index contributed by atoms with van der Waals surface area (Å²) in [4.78, 5) is 72.4. The monoisotopic (exact) mass is 1310 g/mol. The van der Waals surface area contributed by atoms with Crippen LogP contribution in [0.4, 0.5) is 0 Å². The third-order valence-electron chi connectivity index (χ3n) is 16.3. The number of hydrogen-bond acceptors (Lipinski definition) is 15. The van der Waals surface area contributed by atoms with Gasteiger partial charge in [0.15, 0.2) is 12.2 Å². The molecule has 89 heavy (non-hydrogen) atoms. The Kier molecular flexibility index (Phi) is 62.1. The van der Waals surface area contributed by atoms with Gasteiger partial charge in [0, 0.05) is 25.7 Å². The van der Waals surface area contributed by atoms with Crippen molar-refractivity contribution in [1.82, 2.24) is 0 Å². The number of aliphatic hydroxyl groups excluding tert-OH is 1. The number of aliphatic hydroxyl groups is 1. The number of phosphoric ester groups is 2. The topological polar surface area (TPSA) is 237 Å². The number of phosphoric acid groups is 2. The first-order valence-electron chi connectivity index (χ1n) is 36.6. The molecule has 2 unspecified atom stereocenters. The first-order valence-corrected chi connectivity index (χ1v) is 39.6. The zero-order valence-electron chi connectivity index (χ0n) is 57.6. The first-order chi connectivity index (χ1) is 43.0. The van der Waals surface area contributed by atoms with Crippen molar-refractivity contribution in [3.63, 3.8) is 0 Å². The zero-order chi connectivity index (χ0) is 65.6. The molecule has 0 fully saturated rings. The van der Waals surface area contributed by atoms with Crippen LogP contribution in [-0.4, -0.2) is 96.7 Å². The molecule has 0 aliphatic heterocycles. The average molecular weight is 1310 g/mol. The first kappa shape index (κ1) is 87.1. The Bertz CT molecular complexity index is 1720. The van der Waals surface area contributed by atoms with Gasteiger partial charge in [-0.25, -0.2) is 9.13 Å². The van der Waals surface area contributed by atoms with Crippen LogP contribution in [0.3, 0.4) is 0 Å². The van der Waals surface area contributed by atoms with E-state index in [0.717, 1.165) is 109 Å². The van der Waals surface area contributed by atoms with Gasteiger partial charge in [0.25, 0.3) is 0 Å². The molecule has 0 amide bonds. The van der Waals surface area contributed by atoms with E-state index in [0.29, 0.717) is 25.7 Å². The minimum atomic E-state index is -4.95. The molecule has 0 spiro atoms. The molecule has 17 nitrogen and oxygen atoms in total. The van der Waals surface area contributed by atoms with Crippen molar-refractivity contribution in [2.45, 2.75) is 380 Å². The van der Waals surface area contributed by atoms with Crippen LogP contribution in [0.5, 0.6) is 0 Å². The molecule has 0 heterocycles. The smallest absolute Gasteiger partial charge is 0.462 e. The van der Waals surface area contributed by atoms with Gasteiger partial charge in [-0.2, -0.15) is 0 Å². The van der Waals surface area contributed by atoms with Gasteiger partial charge in [-0.1, -0.05) is 311 Å². The van der Waals surface area contributed by atoms with Gasteiger partial charge in [0.1, 0.15) is 19.3 Å². The summed E-state index contributed by atoms with van der Waals surface area (Å²) in [6.45, 7) is 7.23. The Morgan fingerprint density at radius 2 is 0.517 bits per heavy atom. The summed E-state index contributed by atoms with van der Waals surface area (Å²) in [6, 6.07) is 0. The summed E-state index contributed by atoms with van der Waals surface area (Å²) in [5.74, 6) is -1.33. The summed E-state index contributed by atoms with van der Waals surface area (Å²) >= 11 is 0. The van der Waals surface area contributed by atoms with Gasteiger partial charge in [0.2, 0.25) is 0 Å². The minimum Gasteiger partial charge on any atom is -0.462 e. The van der Waals surface area contributed by atoms with Crippen LogP contribution in [0.15, 0.2) is 0 Å². The maximum absolute atomic E-state index is 13.0. The van der Waals surface area contributed by atoms with Crippen LogP contribution in [0.25, 0.3) is 0 Å². The van der Waals surface area contributed by atoms with E-state index < -0.39 is 97.5 Å². The number of carbonyl (C=O) groups excluding carboxylic acids is 4. The van der Waals surface area contributed by atoms with Gasteiger partial charge >= 0.3 is 39.5 Å². The highest BCUT2D eigenvalue weighted by atomic mass is 31.2. The lowest BCUT2D eigenvalue weighted by Gasteiger charge is -2.21. The van der Waals surface area contributed by atoms with Crippen LogP contribution in [0.2, 0.25) is 0 Å². The lowest BCUT2D eigenvalue weighted by Crippen LogP contribution is -2.30. The second kappa shape index (κ2) is 63.5. The fraction of sp³-hybridized carbons (Fsp3) is 0.943. The molecular formula is C70H136O17P2. The number of ether oxygens (including phenoxy) is 4. The second-order valence-electron chi connectivity index (χ2n) is 25.7. The highest BCUT2D eigenvalue weighted by Crippen LogP contribution is 2.45. The van der Waals surface area contributed by atoms with E-state index in [1.807, 2.05) is 0 Å². The number of hydrogen-bond donors (Lipinski definition) is 3. The molecule has 0 aliphatic carbocycles. The molecule has 0 aromatic carbocycles. The van der Waals surface area contributed by atoms with E-state index in [2.05, 4.69) is 34.6 Å². The van der Waals surface area contributed by atoms with Crippen LogP contribution in [0, 0.1) is 5.92 Å². The summed E-state index contributed by atoms with van der Waals surface area (Å²) in [5, 5.41) is 10.6. The van der Waals surface area contributed by atoms with Crippen molar-refractivity contribution in [2.24, 2.45) is 5.92 Å². The molecule has 528 valence electrons. The Morgan fingerprint density at radius 1 is 0.303 bits per heavy atom. The van der Waals surface area contributed by atoms with Crippen molar-refractivity contribution >= 4 is 39.5 Å². The fourth-order valence-corrected chi connectivity index (χ4v) is 12.2. The number of carbonyl (C=O) groups is 4. The Morgan fingerprint density at radius 3 is 0.764 bits per heavy atom. The molecule has 0 bridgehead atoms. The standard InChI is InChI=1S/C70H136O17P2/c1-6-9-12-15-18-20-22-23-27-31-34-39-44-49-54-68(73)81-60-66(87-70(75)56-51-46-41-36-32-28-25-24-26-30-33-38-42-47-52-63(4)5)62-85-89(78,79)83-58-64(71)57-82-88(76,77)84-61-65(59-80-67(72)53-48-43-37-17-14-11-8-3)86-69(74)55-50-45-40-35-29-21-19-16-13-10-7-2/h63-66,71H,6-62H2,1-5H3,(H,76,77)(H,78,79)/t64-,65+,66+/m0/s1. The van der Waals surface area contributed by atoms with E-state index >= 15 is 0 Å². The van der Waals surface area contributed by atoms with Crippen LogP contribution >= 0.6 is 15.6 Å². The summed E-state index contributed by atoms with van der Waals surface area (Å²) in [7, 11) is -9.89. The molecule has 0 radical (unpaired) electrons.